The Labute approximate surface area is 175 Å². The Morgan fingerprint density at radius 3 is 1.54 bits per heavy atom. The molecule has 0 aliphatic rings. The van der Waals surface area contributed by atoms with Crippen LogP contribution in [0.5, 0.6) is 0 Å². The number of benzene rings is 1. The molecule has 1 N–H and O–H groups in total. The largest absolute Gasteiger partial charge is 0.393 e. The zero-order chi connectivity index (χ0) is 20.1. The van der Waals surface area contributed by atoms with Crippen molar-refractivity contribution in [3.8, 4) is 0 Å². The molecule has 0 saturated heterocycles. The van der Waals surface area contributed by atoms with Crippen molar-refractivity contribution in [2.24, 2.45) is 0 Å². The number of allylic oxidation sites excluding steroid dienone is 1. The molecular weight excluding hydrogens is 340 g/mol. The second-order valence-electron chi connectivity index (χ2n) is 8.54. The molecule has 0 spiro atoms. The van der Waals surface area contributed by atoms with Crippen LogP contribution >= 0.6 is 0 Å². The first-order valence-electron chi connectivity index (χ1n) is 12.2. The maximum atomic E-state index is 9.22. The standard InChI is InChI=1S/C27H46O/c1-26(28)22-18-15-13-11-9-7-5-3-2-4-6-8-10-12-14-16-19-23-27-24-20-17-21-25-27/h17,19-21,23-26,28H,2-16,18,22H2,1H3. The highest BCUT2D eigenvalue weighted by molar-refractivity contribution is 5.48. The first-order valence-corrected chi connectivity index (χ1v) is 12.2. The average molecular weight is 387 g/mol. The van der Waals surface area contributed by atoms with E-state index in [-0.39, 0.29) is 6.10 Å². The maximum Gasteiger partial charge on any atom is 0.0512 e. The van der Waals surface area contributed by atoms with Gasteiger partial charge in [-0.1, -0.05) is 132 Å². The second-order valence-corrected chi connectivity index (χ2v) is 8.54. The van der Waals surface area contributed by atoms with Crippen LogP contribution in [0.15, 0.2) is 36.4 Å². The monoisotopic (exact) mass is 386 g/mol. The van der Waals surface area contributed by atoms with Gasteiger partial charge in [0.2, 0.25) is 0 Å². The summed E-state index contributed by atoms with van der Waals surface area (Å²) in [5, 5.41) is 9.22. The summed E-state index contributed by atoms with van der Waals surface area (Å²) in [5.41, 5.74) is 1.32. The normalized spacial score (nSPS) is 12.6. The van der Waals surface area contributed by atoms with Gasteiger partial charge in [-0.05, 0) is 31.7 Å². The number of hydrogen-bond acceptors (Lipinski definition) is 1. The van der Waals surface area contributed by atoms with E-state index in [1.54, 1.807) is 0 Å². The van der Waals surface area contributed by atoms with Gasteiger partial charge in [0.25, 0.3) is 0 Å². The second kappa shape index (κ2) is 19.2. The number of aliphatic hydroxyl groups excluding tert-OH is 1. The van der Waals surface area contributed by atoms with E-state index in [4.69, 9.17) is 0 Å². The predicted octanol–water partition coefficient (Wildman–Crippen LogP) is 8.71. The molecule has 1 atom stereocenters. The zero-order valence-corrected chi connectivity index (χ0v) is 18.6. The van der Waals surface area contributed by atoms with E-state index in [1.807, 2.05) is 6.92 Å². The third-order valence-corrected chi connectivity index (χ3v) is 5.60. The van der Waals surface area contributed by atoms with Gasteiger partial charge in [-0.3, -0.25) is 0 Å². The quantitative estimate of drug-likeness (QED) is 0.236. The molecule has 0 fully saturated rings. The first kappa shape index (κ1) is 25.0. The first-order chi connectivity index (χ1) is 13.8. The van der Waals surface area contributed by atoms with Crippen LogP contribution in [0.1, 0.15) is 122 Å². The Balaban J connectivity index is 1.71. The molecule has 0 aromatic heterocycles. The molecule has 0 saturated carbocycles. The molecule has 1 unspecified atom stereocenters. The van der Waals surface area contributed by atoms with E-state index in [2.05, 4.69) is 42.5 Å². The van der Waals surface area contributed by atoms with E-state index >= 15 is 0 Å². The minimum Gasteiger partial charge on any atom is -0.393 e. The Hall–Kier alpha value is -1.08. The van der Waals surface area contributed by atoms with Crippen molar-refractivity contribution in [3.05, 3.63) is 42.0 Å². The summed E-state index contributed by atoms with van der Waals surface area (Å²) in [7, 11) is 0. The molecule has 0 bridgehead atoms. The van der Waals surface area contributed by atoms with Gasteiger partial charge < -0.3 is 5.11 Å². The molecule has 0 amide bonds. The highest BCUT2D eigenvalue weighted by atomic mass is 16.3. The van der Waals surface area contributed by atoms with Crippen LogP contribution in [-0.4, -0.2) is 11.2 Å². The molecule has 1 aromatic carbocycles. The van der Waals surface area contributed by atoms with Gasteiger partial charge in [-0.25, -0.2) is 0 Å². The van der Waals surface area contributed by atoms with Crippen molar-refractivity contribution in [2.45, 2.75) is 122 Å². The van der Waals surface area contributed by atoms with E-state index in [0.717, 1.165) is 6.42 Å². The lowest BCUT2D eigenvalue weighted by Gasteiger charge is -2.04. The molecule has 0 heterocycles. The molecule has 0 aliphatic carbocycles. The molecule has 1 rings (SSSR count). The van der Waals surface area contributed by atoms with Gasteiger partial charge in [-0.2, -0.15) is 0 Å². The lowest BCUT2D eigenvalue weighted by Crippen LogP contribution is -1.98. The lowest BCUT2D eigenvalue weighted by atomic mass is 10.0. The number of aliphatic hydroxyl groups is 1. The van der Waals surface area contributed by atoms with E-state index in [1.165, 1.54) is 108 Å². The van der Waals surface area contributed by atoms with Crippen LogP contribution in [0, 0.1) is 0 Å². The average Bonchev–Trinajstić information content (AvgIpc) is 2.70. The summed E-state index contributed by atoms with van der Waals surface area (Å²) in [5.74, 6) is 0. The van der Waals surface area contributed by atoms with E-state index in [0.29, 0.717) is 0 Å². The molecule has 0 aliphatic heterocycles. The minimum atomic E-state index is -0.109. The maximum absolute atomic E-state index is 9.22. The molecule has 1 nitrogen and oxygen atoms in total. The van der Waals surface area contributed by atoms with Gasteiger partial charge >= 0.3 is 0 Å². The van der Waals surface area contributed by atoms with Crippen molar-refractivity contribution in [3.63, 3.8) is 0 Å². The van der Waals surface area contributed by atoms with Crippen LogP contribution in [0.2, 0.25) is 0 Å². The summed E-state index contributed by atoms with van der Waals surface area (Å²) in [6, 6.07) is 10.6. The van der Waals surface area contributed by atoms with Crippen molar-refractivity contribution in [1.82, 2.24) is 0 Å². The summed E-state index contributed by atoms with van der Waals surface area (Å²) >= 11 is 0. The summed E-state index contributed by atoms with van der Waals surface area (Å²) in [6.07, 6.45) is 27.5. The third kappa shape index (κ3) is 17.0. The minimum absolute atomic E-state index is 0.109. The number of rotatable bonds is 19. The Morgan fingerprint density at radius 2 is 1.07 bits per heavy atom. The Bertz CT molecular complexity index is 449. The summed E-state index contributed by atoms with van der Waals surface area (Å²) in [6.45, 7) is 1.89. The van der Waals surface area contributed by atoms with Gasteiger partial charge in [0.1, 0.15) is 0 Å². The van der Waals surface area contributed by atoms with Crippen LogP contribution in [0.3, 0.4) is 0 Å². The van der Waals surface area contributed by atoms with Gasteiger partial charge in [-0.15, -0.1) is 0 Å². The fraction of sp³-hybridized carbons (Fsp3) is 0.704. The van der Waals surface area contributed by atoms with Gasteiger partial charge in [0, 0.05) is 0 Å². The SMILES string of the molecule is CC(O)CCCCCCCCCCCCCCCCCC=Cc1ccccc1. The molecular formula is C27H46O. The fourth-order valence-electron chi connectivity index (χ4n) is 3.78. The van der Waals surface area contributed by atoms with Crippen LogP contribution in [-0.2, 0) is 0 Å². The smallest absolute Gasteiger partial charge is 0.0512 e. The summed E-state index contributed by atoms with van der Waals surface area (Å²) < 4.78 is 0. The highest BCUT2D eigenvalue weighted by Crippen LogP contribution is 2.14. The predicted molar refractivity (Wildman–Crippen MR) is 126 cm³/mol. The van der Waals surface area contributed by atoms with Crippen molar-refractivity contribution < 1.29 is 5.11 Å². The molecule has 1 aromatic rings. The van der Waals surface area contributed by atoms with Crippen molar-refractivity contribution >= 4 is 6.08 Å². The summed E-state index contributed by atoms with van der Waals surface area (Å²) in [4.78, 5) is 0. The highest BCUT2D eigenvalue weighted by Gasteiger charge is 1.96. The molecule has 1 heteroatoms. The number of unbranched alkanes of at least 4 members (excludes halogenated alkanes) is 15. The van der Waals surface area contributed by atoms with Crippen molar-refractivity contribution in [2.75, 3.05) is 0 Å². The Morgan fingerprint density at radius 1 is 0.643 bits per heavy atom. The molecule has 28 heavy (non-hydrogen) atoms. The number of hydrogen-bond donors (Lipinski definition) is 1. The van der Waals surface area contributed by atoms with E-state index < -0.39 is 0 Å². The topological polar surface area (TPSA) is 20.2 Å². The van der Waals surface area contributed by atoms with E-state index in [9.17, 15) is 5.11 Å². The zero-order valence-electron chi connectivity index (χ0n) is 18.6. The van der Waals surface area contributed by atoms with Gasteiger partial charge in [0.15, 0.2) is 0 Å². The van der Waals surface area contributed by atoms with Crippen LogP contribution < -0.4 is 0 Å². The van der Waals surface area contributed by atoms with Crippen LogP contribution in [0.25, 0.3) is 6.08 Å². The fourth-order valence-corrected chi connectivity index (χ4v) is 3.78. The van der Waals surface area contributed by atoms with Crippen LogP contribution in [0.4, 0.5) is 0 Å². The molecule has 160 valence electrons. The van der Waals surface area contributed by atoms with Crippen molar-refractivity contribution in [1.29, 1.82) is 0 Å². The molecule has 0 radical (unpaired) electrons. The lowest BCUT2D eigenvalue weighted by molar-refractivity contribution is 0.180. The third-order valence-electron chi connectivity index (χ3n) is 5.60. The Kier molecular flexibility index (Phi) is 17.2. The van der Waals surface area contributed by atoms with Gasteiger partial charge in [0.05, 0.1) is 6.10 Å².